The number of carbonyl (C=O) groups excluding carboxylic acids is 2. The summed E-state index contributed by atoms with van der Waals surface area (Å²) in [5, 5.41) is 2.94. The van der Waals surface area contributed by atoms with Gasteiger partial charge in [-0.25, -0.2) is 0 Å². The third-order valence-corrected chi connectivity index (χ3v) is 4.30. The van der Waals surface area contributed by atoms with Crippen molar-refractivity contribution in [3.63, 3.8) is 0 Å². The van der Waals surface area contributed by atoms with Crippen LogP contribution >= 0.6 is 28.3 Å². The van der Waals surface area contributed by atoms with Crippen molar-refractivity contribution in [2.24, 2.45) is 11.7 Å². The molecule has 2 rings (SSSR count). The zero-order valence-electron chi connectivity index (χ0n) is 13.1. The Kier molecular flexibility index (Phi) is 8.02. The van der Waals surface area contributed by atoms with E-state index in [9.17, 15) is 9.59 Å². The molecule has 0 saturated carbocycles. The van der Waals surface area contributed by atoms with Crippen LogP contribution in [0.15, 0.2) is 28.7 Å². The standard InChI is InChI=1S/C16H22BrN3O2.ClH/c1-11(18)9-15(21)20-7-5-12(6-8-20)16(22)19-14-4-2-3-13(17)10-14;/h2-4,10-12H,5-9,18H2,1H3,(H,19,22);1H. The van der Waals surface area contributed by atoms with Crippen molar-refractivity contribution >= 4 is 45.8 Å². The van der Waals surface area contributed by atoms with E-state index in [1.54, 1.807) is 0 Å². The Morgan fingerprint density at radius 2 is 2.04 bits per heavy atom. The van der Waals surface area contributed by atoms with E-state index in [1.807, 2.05) is 36.1 Å². The molecule has 2 amide bonds. The van der Waals surface area contributed by atoms with Gasteiger partial charge in [0.25, 0.3) is 0 Å². The molecule has 0 spiro atoms. The van der Waals surface area contributed by atoms with Crippen LogP contribution in [0.25, 0.3) is 0 Å². The Bertz CT molecular complexity index is 546. The molecule has 1 aliphatic rings. The summed E-state index contributed by atoms with van der Waals surface area (Å²) in [6.07, 6.45) is 1.77. The number of rotatable bonds is 4. The molecule has 0 aliphatic carbocycles. The van der Waals surface area contributed by atoms with Crippen LogP contribution in [0.3, 0.4) is 0 Å². The first-order chi connectivity index (χ1) is 10.5. The number of piperidine rings is 1. The van der Waals surface area contributed by atoms with Gasteiger partial charge < -0.3 is 16.0 Å². The van der Waals surface area contributed by atoms with E-state index in [-0.39, 0.29) is 36.2 Å². The summed E-state index contributed by atoms with van der Waals surface area (Å²) >= 11 is 3.39. The maximum absolute atomic E-state index is 12.3. The Hall–Kier alpha value is -1.11. The van der Waals surface area contributed by atoms with E-state index in [2.05, 4.69) is 21.2 Å². The molecule has 7 heteroatoms. The van der Waals surface area contributed by atoms with Crippen LogP contribution in [0.2, 0.25) is 0 Å². The van der Waals surface area contributed by atoms with Gasteiger partial charge in [0.2, 0.25) is 11.8 Å². The van der Waals surface area contributed by atoms with Crippen molar-refractivity contribution in [2.45, 2.75) is 32.2 Å². The summed E-state index contributed by atoms with van der Waals surface area (Å²) in [6.45, 7) is 3.08. The van der Waals surface area contributed by atoms with Gasteiger partial charge in [0.15, 0.2) is 0 Å². The fourth-order valence-electron chi connectivity index (χ4n) is 2.61. The second kappa shape index (κ2) is 9.25. The minimum absolute atomic E-state index is 0. The number of nitrogens with one attached hydrogen (secondary N) is 1. The molecule has 1 atom stereocenters. The first-order valence-electron chi connectivity index (χ1n) is 7.55. The van der Waals surface area contributed by atoms with Gasteiger partial charge in [-0.1, -0.05) is 22.0 Å². The Balaban J connectivity index is 0.00000264. The number of nitrogens with two attached hydrogens (primary N) is 1. The van der Waals surface area contributed by atoms with Gasteiger partial charge in [0.1, 0.15) is 0 Å². The molecular formula is C16H23BrClN3O2. The maximum Gasteiger partial charge on any atom is 0.227 e. The van der Waals surface area contributed by atoms with Crippen LogP contribution in [-0.2, 0) is 9.59 Å². The van der Waals surface area contributed by atoms with Crippen molar-refractivity contribution in [1.29, 1.82) is 0 Å². The Labute approximate surface area is 151 Å². The van der Waals surface area contributed by atoms with Gasteiger partial charge in [-0.15, -0.1) is 12.4 Å². The van der Waals surface area contributed by atoms with Crippen molar-refractivity contribution in [3.8, 4) is 0 Å². The summed E-state index contributed by atoms with van der Waals surface area (Å²) < 4.78 is 0.932. The SMILES string of the molecule is CC(N)CC(=O)N1CCC(C(=O)Nc2cccc(Br)c2)CC1.Cl. The normalized spacial score (nSPS) is 16.4. The van der Waals surface area contributed by atoms with Gasteiger partial charge in [0.05, 0.1) is 0 Å². The monoisotopic (exact) mass is 403 g/mol. The van der Waals surface area contributed by atoms with E-state index in [0.717, 1.165) is 10.2 Å². The van der Waals surface area contributed by atoms with E-state index in [4.69, 9.17) is 5.73 Å². The van der Waals surface area contributed by atoms with Crippen LogP contribution in [-0.4, -0.2) is 35.8 Å². The number of benzene rings is 1. The number of anilines is 1. The molecule has 1 fully saturated rings. The molecular weight excluding hydrogens is 382 g/mol. The second-order valence-electron chi connectivity index (χ2n) is 5.84. The van der Waals surface area contributed by atoms with Gasteiger partial charge in [-0.3, -0.25) is 9.59 Å². The minimum Gasteiger partial charge on any atom is -0.343 e. The van der Waals surface area contributed by atoms with E-state index < -0.39 is 0 Å². The predicted octanol–water partition coefficient (Wildman–Crippen LogP) is 2.79. The number of nitrogens with zero attached hydrogens (tertiary/aromatic N) is 1. The Morgan fingerprint density at radius 3 is 2.61 bits per heavy atom. The number of carbonyl (C=O) groups is 2. The third-order valence-electron chi connectivity index (χ3n) is 3.81. The quantitative estimate of drug-likeness (QED) is 0.810. The smallest absolute Gasteiger partial charge is 0.227 e. The van der Waals surface area contributed by atoms with Crippen LogP contribution in [0.1, 0.15) is 26.2 Å². The highest BCUT2D eigenvalue weighted by Crippen LogP contribution is 2.21. The predicted molar refractivity (Wildman–Crippen MR) is 97.6 cm³/mol. The summed E-state index contributed by atoms with van der Waals surface area (Å²) in [5.41, 5.74) is 6.45. The molecule has 1 aromatic rings. The molecule has 0 aromatic heterocycles. The highest BCUT2D eigenvalue weighted by Gasteiger charge is 2.27. The summed E-state index contributed by atoms with van der Waals surface area (Å²) in [5.74, 6) is 0.0663. The first kappa shape index (κ1) is 19.9. The van der Waals surface area contributed by atoms with E-state index >= 15 is 0 Å². The molecule has 128 valence electrons. The molecule has 1 unspecified atom stereocenters. The second-order valence-corrected chi connectivity index (χ2v) is 6.75. The molecule has 0 bridgehead atoms. The topological polar surface area (TPSA) is 75.4 Å². The number of hydrogen-bond donors (Lipinski definition) is 2. The molecule has 23 heavy (non-hydrogen) atoms. The number of hydrogen-bond acceptors (Lipinski definition) is 3. The van der Waals surface area contributed by atoms with Gasteiger partial charge in [-0.05, 0) is 38.0 Å². The molecule has 5 nitrogen and oxygen atoms in total. The lowest BCUT2D eigenvalue weighted by molar-refractivity contribution is -0.134. The van der Waals surface area contributed by atoms with Gasteiger partial charge >= 0.3 is 0 Å². The van der Waals surface area contributed by atoms with Crippen molar-refractivity contribution in [3.05, 3.63) is 28.7 Å². The van der Waals surface area contributed by atoms with E-state index in [1.165, 1.54) is 0 Å². The largest absolute Gasteiger partial charge is 0.343 e. The zero-order valence-corrected chi connectivity index (χ0v) is 15.5. The lowest BCUT2D eigenvalue weighted by Crippen LogP contribution is -2.42. The van der Waals surface area contributed by atoms with Crippen molar-refractivity contribution in [2.75, 3.05) is 18.4 Å². The number of likely N-dealkylation sites (tertiary alicyclic amines) is 1. The number of halogens is 2. The molecule has 0 radical (unpaired) electrons. The highest BCUT2D eigenvalue weighted by atomic mass is 79.9. The molecule has 1 saturated heterocycles. The highest BCUT2D eigenvalue weighted by molar-refractivity contribution is 9.10. The summed E-state index contributed by atoms with van der Waals surface area (Å²) in [4.78, 5) is 26.0. The average Bonchev–Trinajstić information content (AvgIpc) is 2.46. The molecule has 1 heterocycles. The van der Waals surface area contributed by atoms with Crippen LogP contribution in [0.4, 0.5) is 5.69 Å². The Morgan fingerprint density at radius 1 is 1.39 bits per heavy atom. The van der Waals surface area contributed by atoms with Gasteiger partial charge in [0, 0.05) is 41.6 Å². The van der Waals surface area contributed by atoms with Crippen molar-refractivity contribution < 1.29 is 9.59 Å². The van der Waals surface area contributed by atoms with Gasteiger partial charge in [-0.2, -0.15) is 0 Å². The summed E-state index contributed by atoms with van der Waals surface area (Å²) in [7, 11) is 0. The van der Waals surface area contributed by atoms with Crippen LogP contribution < -0.4 is 11.1 Å². The number of amides is 2. The average molecular weight is 405 g/mol. The fraction of sp³-hybridized carbons (Fsp3) is 0.500. The minimum atomic E-state index is -0.120. The zero-order chi connectivity index (χ0) is 16.1. The lowest BCUT2D eigenvalue weighted by atomic mass is 9.95. The summed E-state index contributed by atoms with van der Waals surface area (Å²) in [6, 6.07) is 7.42. The van der Waals surface area contributed by atoms with E-state index in [0.29, 0.717) is 32.4 Å². The molecule has 1 aliphatic heterocycles. The molecule has 3 N–H and O–H groups in total. The fourth-order valence-corrected chi connectivity index (χ4v) is 3.01. The first-order valence-corrected chi connectivity index (χ1v) is 8.35. The van der Waals surface area contributed by atoms with Crippen LogP contribution in [0.5, 0.6) is 0 Å². The maximum atomic E-state index is 12.3. The van der Waals surface area contributed by atoms with Crippen LogP contribution in [0, 0.1) is 5.92 Å². The third kappa shape index (κ3) is 6.12. The van der Waals surface area contributed by atoms with Crippen molar-refractivity contribution in [1.82, 2.24) is 4.90 Å². The lowest BCUT2D eigenvalue weighted by Gasteiger charge is -2.31. The molecule has 1 aromatic carbocycles.